The monoisotopic (exact) mass is 351 g/mol. The Labute approximate surface area is 134 Å². The molecule has 0 saturated carbocycles. The fourth-order valence-electron chi connectivity index (χ4n) is 3.16. The predicted molar refractivity (Wildman–Crippen MR) is 88.5 cm³/mol. The van der Waals surface area contributed by atoms with E-state index >= 15 is 0 Å². The highest BCUT2D eigenvalue weighted by molar-refractivity contribution is 9.10. The lowest BCUT2D eigenvalue weighted by Crippen LogP contribution is -2.42. The van der Waals surface area contributed by atoms with Gasteiger partial charge in [-0.15, -0.1) is 0 Å². The lowest BCUT2D eigenvalue weighted by molar-refractivity contribution is -0.122. The van der Waals surface area contributed by atoms with Crippen molar-refractivity contribution < 1.29 is 4.79 Å². The van der Waals surface area contributed by atoms with Gasteiger partial charge in [-0.1, -0.05) is 15.9 Å². The first kappa shape index (κ1) is 14.9. The van der Waals surface area contributed by atoms with Crippen LogP contribution in [-0.2, 0) is 4.79 Å². The zero-order valence-corrected chi connectivity index (χ0v) is 13.7. The van der Waals surface area contributed by atoms with E-state index in [-0.39, 0.29) is 11.9 Å². The third kappa shape index (κ3) is 3.77. The molecule has 3 rings (SSSR count). The molecule has 1 amide bonds. The lowest BCUT2D eigenvalue weighted by atomic mass is 10.1. The van der Waals surface area contributed by atoms with E-state index in [9.17, 15) is 4.79 Å². The Bertz CT molecular complexity index is 485. The molecule has 2 saturated heterocycles. The average Bonchev–Trinajstić information content (AvgIpc) is 3.17. The Hall–Kier alpha value is -1.07. The highest BCUT2D eigenvalue weighted by atomic mass is 79.9. The molecule has 2 fully saturated rings. The summed E-state index contributed by atoms with van der Waals surface area (Å²) in [6.45, 7) is 3.87. The van der Waals surface area contributed by atoms with E-state index in [2.05, 4.69) is 55.7 Å². The molecule has 2 atom stereocenters. The fraction of sp³-hybridized carbons (Fsp3) is 0.562. The lowest BCUT2D eigenvalue weighted by Gasteiger charge is -2.19. The quantitative estimate of drug-likeness (QED) is 0.873. The molecule has 2 N–H and O–H groups in total. The Balaban J connectivity index is 1.46. The van der Waals surface area contributed by atoms with Crippen molar-refractivity contribution in [2.45, 2.75) is 25.3 Å². The van der Waals surface area contributed by atoms with Crippen LogP contribution in [0.1, 0.15) is 19.3 Å². The van der Waals surface area contributed by atoms with Crippen molar-refractivity contribution >= 4 is 27.5 Å². The first-order chi connectivity index (χ1) is 10.2. The van der Waals surface area contributed by atoms with E-state index in [0.29, 0.717) is 5.92 Å². The molecule has 2 aliphatic heterocycles. The van der Waals surface area contributed by atoms with Crippen molar-refractivity contribution in [3.05, 3.63) is 28.7 Å². The van der Waals surface area contributed by atoms with Crippen molar-refractivity contribution in [3.8, 4) is 0 Å². The van der Waals surface area contributed by atoms with Crippen LogP contribution >= 0.6 is 15.9 Å². The summed E-state index contributed by atoms with van der Waals surface area (Å²) in [5.74, 6) is 0.730. The summed E-state index contributed by atoms with van der Waals surface area (Å²) in [6.07, 6.45) is 3.23. The number of rotatable bonds is 4. The van der Waals surface area contributed by atoms with E-state index in [1.165, 1.54) is 5.69 Å². The second kappa shape index (κ2) is 6.79. The Morgan fingerprint density at radius 3 is 2.86 bits per heavy atom. The van der Waals surface area contributed by atoms with Crippen LogP contribution in [0, 0.1) is 5.92 Å². The second-order valence-electron chi connectivity index (χ2n) is 5.97. The third-order valence-electron chi connectivity index (χ3n) is 4.42. The smallest absolute Gasteiger partial charge is 0.237 e. The number of benzene rings is 1. The average molecular weight is 352 g/mol. The van der Waals surface area contributed by atoms with E-state index in [1.807, 2.05) is 0 Å². The van der Waals surface area contributed by atoms with Crippen LogP contribution in [0.3, 0.4) is 0 Å². The van der Waals surface area contributed by atoms with Gasteiger partial charge in [0.25, 0.3) is 0 Å². The molecule has 0 bridgehead atoms. The molecule has 21 heavy (non-hydrogen) atoms. The van der Waals surface area contributed by atoms with Gasteiger partial charge in [-0.2, -0.15) is 0 Å². The molecule has 1 aromatic rings. The molecule has 4 nitrogen and oxygen atoms in total. The SMILES string of the molecule is O=C(NCC1CCN(c2ccc(Br)cc2)C1)C1CCCN1. The summed E-state index contributed by atoms with van der Waals surface area (Å²) < 4.78 is 1.11. The summed E-state index contributed by atoms with van der Waals surface area (Å²) in [7, 11) is 0. The maximum atomic E-state index is 12.0. The molecule has 0 radical (unpaired) electrons. The molecule has 114 valence electrons. The van der Waals surface area contributed by atoms with Gasteiger partial charge >= 0.3 is 0 Å². The normalized spacial score (nSPS) is 25.3. The van der Waals surface area contributed by atoms with Crippen LogP contribution in [0.5, 0.6) is 0 Å². The molecule has 2 heterocycles. The summed E-state index contributed by atoms with van der Waals surface area (Å²) in [6, 6.07) is 8.49. The van der Waals surface area contributed by atoms with Crippen LogP contribution in [0.2, 0.25) is 0 Å². The maximum absolute atomic E-state index is 12.0. The van der Waals surface area contributed by atoms with E-state index < -0.39 is 0 Å². The van der Waals surface area contributed by atoms with Crippen LogP contribution < -0.4 is 15.5 Å². The van der Waals surface area contributed by atoms with Crippen LogP contribution in [0.4, 0.5) is 5.69 Å². The van der Waals surface area contributed by atoms with Crippen molar-refractivity contribution in [1.29, 1.82) is 0 Å². The van der Waals surface area contributed by atoms with Gasteiger partial charge in [0.15, 0.2) is 0 Å². The zero-order valence-electron chi connectivity index (χ0n) is 12.1. The first-order valence-electron chi connectivity index (χ1n) is 7.74. The van der Waals surface area contributed by atoms with Gasteiger partial charge in [0, 0.05) is 29.8 Å². The number of carbonyl (C=O) groups excluding carboxylic acids is 1. The summed E-state index contributed by atoms with van der Waals surface area (Å²) in [4.78, 5) is 14.4. The van der Waals surface area contributed by atoms with Gasteiger partial charge in [0.2, 0.25) is 5.91 Å². The minimum absolute atomic E-state index is 0.0361. The van der Waals surface area contributed by atoms with Gasteiger partial charge in [0.05, 0.1) is 6.04 Å². The van der Waals surface area contributed by atoms with Crippen molar-refractivity contribution in [3.63, 3.8) is 0 Å². The third-order valence-corrected chi connectivity index (χ3v) is 4.95. The number of amides is 1. The zero-order chi connectivity index (χ0) is 14.7. The molecule has 5 heteroatoms. The number of anilines is 1. The maximum Gasteiger partial charge on any atom is 0.237 e. The standard InChI is InChI=1S/C16H22BrN3O/c17-13-3-5-14(6-4-13)20-9-7-12(11-20)10-19-16(21)15-2-1-8-18-15/h3-6,12,15,18H,1-2,7-11H2,(H,19,21). The van der Waals surface area contributed by atoms with Crippen LogP contribution in [0.15, 0.2) is 28.7 Å². The molecule has 1 aromatic carbocycles. The number of hydrogen-bond donors (Lipinski definition) is 2. The highest BCUT2D eigenvalue weighted by Gasteiger charge is 2.26. The van der Waals surface area contributed by atoms with Crippen molar-refractivity contribution in [2.24, 2.45) is 5.92 Å². The number of hydrogen-bond acceptors (Lipinski definition) is 3. The molecule has 0 aliphatic carbocycles. The molecule has 2 unspecified atom stereocenters. The Kier molecular flexibility index (Phi) is 4.80. The van der Waals surface area contributed by atoms with Gasteiger partial charge < -0.3 is 15.5 Å². The van der Waals surface area contributed by atoms with Crippen LogP contribution in [-0.4, -0.2) is 38.1 Å². The summed E-state index contributed by atoms with van der Waals surface area (Å²) in [5, 5.41) is 6.36. The number of nitrogens with zero attached hydrogens (tertiary/aromatic N) is 1. The largest absolute Gasteiger partial charge is 0.371 e. The highest BCUT2D eigenvalue weighted by Crippen LogP contribution is 2.25. The first-order valence-corrected chi connectivity index (χ1v) is 8.53. The van der Waals surface area contributed by atoms with Gasteiger partial charge in [-0.25, -0.2) is 0 Å². The van der Waals surface area contributed by atoms with Gasteiger partial charge in [-0.3, -0.25) is 4.79 Å². The fourth-order valence-corrected chi connectivity index (χ4v) is 3.43. The summed E-state index contributed by atoms with van der Waals surface area (Å²) >= 11 is 3.47. The van der Waals surface area contributed by atoms with E-state index in [0.717, 1.165) is 49.9 Å². The van der Waals surface area contributed by atoms with Crippen molar-refractivity contribution in [2.75, 3.05) is 31.1 Å². The van der Waals surface area contributed by atoms with Gasteiger partial charge in [0.1, 0.15) is 0 Å². The van der Waals surface area contributed by atoms with Crippen molar-refractivity contribution in [1.82, 2.24) is 10.6 Å². The molecular weight excluding hydrogens is 330 g/mol. The number of halogens is 1. The van der Waals surface area contributed by atoms with Crippen LogP contribution in [0.25, 0.3) is 0 Å². The molecule has 0 spiro atoms. The molecular formula is C16H22BrN3O. The topological polar surface area (TPSA) is 44.4 Å². The summed E-state index contributed by atoms with van der Waals surface area (Å²) in [5.41, 5.74) is 1.27. The Morgan fingerprint density at radius 2 is 2.14 bits per heavy atom. The second-order valence-corrected chi connectivity index (χ2v) is 6.89. The Morgan fingerprint density at radius 1 is 1.33 bits per heavy atom. The van der Waals surface area contributed by atoms with E-state index in [1.54, 1.807) is 0 Å². The minimum atomic E-state index is 0.0361. The molecule has 2 aliphatic rings. The predicted octanol–water partition coefficient (Wildman–Crippen LogP) is 2.14. The molecule has 0 aromatic heterocycles. The van der Waals surface area contributed by atoms with Gasteiger partial charge in [-0.05, 0) is 56.0 Å². The minimum Gasteiger partial charge on any atom is -0.371 e. The number of carbonyl (C=O) groups is 1. The number of nitrogens with one attached hydrogen (secondary N) is 2. The van der Waals surface area contributed by atoms with E-state index in [4.69, 9.17) is 0 Å².